The second-order valence-electron chi connectivity index (χ2n) is 4.23. The molecular formula is C16H16N2O. The molecule has 0 spiro atoms. The van der Waals surface area contributed by atoms with E-state index in [1.165, 1.54) is 0 Å². The second-order valence-corrected chi connectivity index (χ2v) is 4.23. The molecule has 2 aromatic carbocycles. The predicted octanol–water partition coefficient (Wildman–Crippen LogP) is 3.19. The Morgan fingerprint density at radius 1 is 1.32 bits per heavy atom. The molecule has 0 heterocycles. The van der Waals surface area contributed by atoms with Crippen LogP contribution in [0.25, 0.3) is 10.8 Å². The number of methoxy groups -OCH3 is 1. The molecule has 96 valence electrons. The van der Waals surface area contributed by atoms with Crippen molar-refractivity contribution in [2.45, 2.75) is 6.04 Å². The van der Waals surface area contributed by atoms with Gasteiger partial charge in [-0.15, -0.1) is 6.58 Å². The molecular weight excluding hydrogens is 236 g/mol. The maximum atomic E-state index is 9.19. The highest BCUT2D eigenvalue weighted by atomic mass is 16.5. The Bertz CT molecular complexity index is 628. The summed E-state index contributed by atoms with van der Waals surface area (Å²) in [6.07, 6.45) is 1.75. The van der Waals surface area contributed by atoms with Crippen LogP contribution in [0.2, 0.25) is 0 Å². The van der Waals surface area contributed by atoms with Crippen molar-refractivity contribution in [3.05, 3.63) is 54.6 Å². The molecule has 0 aliphatic heterocycles. The highest BCUT2D eigenvalue weighted by Crippen LogP contribution is 2.24. The van der Waals surface area contributed by atoms with Crippen molar-refractivity contribution in [2.75, 3.05) is 13.7 Å². The summed E-state index contributed by atoms with van der Waals surface area (Å²) in [4.78, 5) is 0. The van der Waals surface area contributed by atoms with E-state index in [2.05, 4.69) is 18.0 Å². The number of nitriles is 1. The molecule has 1 atom stereocenters. The summed E-state index contributed by atoms with van der Waals surface area (Å²) < 4.78 is 5.20. The molecule has 0 bridgehead atoms. The van der Waals surface area contributed by atoms with E-state index in [1.807, 2.05) is 36.4 Å². The molecule has 0 saturated heterocycles. The summed E-state index contributed by atoms with van der Waals surface area (Å²) in [6.45, 7) is 4.25. The number of fused-ring (bicyclic) bond motifs is 1. The number of nitrogens with zero attached hydrogens (tertiary/aromatic N) is 1. The summed E-state index contributed by atoms with van der Waals surface area (Å²) in [5.74, 6) is 0.835. The zero-order valence-corrected chi connectivity index (χ0v) is 10.9. The van der Waals surface area contributed by atoms with Crippen molar-refractivity contribution in [2.24, 2.45) is 0 Å². The first-order valence-electron chi connectivity index (χ1n) is 6.10. The van der Waals surface area contributed by atoms with Gasteiger partial charge in [0.15, 0.2) is 0 Å². The Kier molecular flexibility index (Phi) is 4.17. The fourth-order valence-corrected chi connectivity index (χ4v) is 1.99. The fraction of sp³-hybridized carbons (Fsp3) is 0.188. The molecule has 2 rings (SSSR count). The maximum Gasteiger partial charge on any atom is 0.121 e. The predicted molar refractivity (Wildman–Crippen MR) is 77.1 cm³/mol. The largest absolute Gasteiger partial charge is 0.497 e. The molecule has 0 amide bonds. The van der Waals surface area contributed by atoms with E-state index in [0.29, 0.717) is 6.54 Å². The number of nitrogens with one attached hydrogen (secondary N) is 1. The SMILES string of the molecule is C=CCNC(C#N)c1ccc2cc(OC)ccc2c1. The first-order chi connectivity index (χ1) is 9.28. The van der Waals surface area contributed by atoms with E-state index in [0.717, 1.165) is 22.1 Å². The second kappa shape index (κ2) is 6.03. The van der Waals surface area contributed by atoms with Crippen molar-refractivity contribution >= 4 is 10.8 Å². The zero-order chi connectivity index (χ0) is 13.7. The van der Waals surface area contributed by atoms with Crippen LogP contribution in [0.5, 0.6) is 5.75 Å². The van der Waals surface area contributed by atoms with Gasteiger partial charge in [-0.25, -0.2) is 0 Å². The third-order valence-corrected chi connectivity index (χ3v) is 3.00. The van der Waals surface area contributed by atoms with Gasteiger partial charge in [0.05, 0.1) is 13.2 Å². The van der Waals surface area contributed by atoms with E-state index >= 15 is 0 Å². The minimum atomic E-state index is -0.315. The normalized spacial score (nSPS) is 11.8. The minimum absolute atomic E-state index is 0.315. The van der Waals surface area contributed by atoms with Crippen LogP contribution in [0, 0.1) is 11.3 Å². The summed E-state index contributed by atoms with van der Waals surface area (Å²) in [7, 11) is 1.65. The van der Waals surface area contributed by atoms with Gasteiger partial charge in [0.25, 0.3) is 0 Å². The molecule has 1 N–H and O–H groups in total. The van der Waals surface area contributed by atoms with Crippen LogP contribution in [-0.4, -0.2) is 13.7 Å². The Morgan fingerprint density at radius 2 is 2.05 bits per heavy atom. The fourth-order valence-electron chi connectivity index (χ4n) is 1.99. The molecule has 0 fully saturated rings. The topological polar surface area (TPSA) is 45.0 Å². The van der Waals surface area contributed by atoms with Crippen molar-refractivity contribution < 1.29 is 4.74 Å². The molecule has 2 aromatic rings. The Hall–Kier alpha value is -2.31. The smallest absolute Gasteiger partial charge is 0.121 e. The van der Waals surface area contributed by atoms with Crippen LogP contribution in [-0.2, 0) is 0 Å². The van der Waals surface area contributed by atoms with Gasteiger partial charge >= 0.3 is 0 Å². The monoisotopic (exact) mass is 252 g/mol. The number of rotatable bonds is 5. The standard InChI is InChI=1S/C16H16N2O/c1-3-8-18-16(11-17)14-5-4-13-10-15(19-2)7-6-12(13)9-14/h3-7,9-10,16,18H,1,8H2,2H3. The van der Waals surface area contributed by atoms with Gasteiger partial charge in [-0.1, -0.05) is 24.3 Å². The first kappa shape index (κ1) is 13.1. The number of benzene rings is 2. The van der Waals surface area contributed by atoms with Crippen molar-refractivity contribution in [3.8, 4) is 11.8 Å². The maximum absolute atomic E-state index is 9.19. The van der Waals surface area contributed by atoms with E-state index in [4.69, 9.17) is 4.74 Å². The van der Waals surface area contributed by atoms with Crippen LogP contribution < -0.4 is 10.1 Å². The zero-order valence-electron chi connectivity index (χ0n) is 10.9. The number of ether oxygens (including phenoxy) is 1. The average molecular weight is 252 g/mol. The molecule has 3 heteroatoms. The lowest BCUT2D eigenvalue weighted by molar-refractivity contribution is 0.415. The Balaban J connectivity index is 2.35. The Labute approximate surface area is 113 Å². The average Bonchev–Trinajstić information content (AvgIpc) is 2.47. The molecule has 19 heavy (non-hydrogen) atoms. The molecule has 0 radical (unpaired) electrons. The highest BCUT2D eigenvalue weighted by Gasteiger charge is 2.09. The molecule has 0 saturated carbocycles. The lowest BCUT2D eigenvalue weighted by Gasteiger charge is -2.11. The van der Waals surface area contributed by atoms with Gasteiger partial charge in [-0.3, -0.25) is 5.32 Å². The van der Waals surface area contributed by atoms with Gasteiger partial charge in [-0.2, -0.15) is 5.26 Å². The lowest BCUT2D eigenvalue weighted by Crippen LogP contribution is -2.19. The van der Waals surface area contributed by atoms with Crippen LogP contribution in [0.1, 0.15) is 11.6 Å². The third-order valence-electron chi connectivity index (χ3n) is 3.00. The van der Waals surface area contributed by atoms with Gasteiger partial charge in [-0.05, 0) is 34.5 Å². The van der Waals surface area contributed by atoms with Crippen molar-refractivity contribution in [3.63, 3.8) is 0 Å². The molecule has 3 nitrogen and oxygen atoms in total. The van der Waals surface area contributed by atoms with Gasteiger partial charge in [0, 0.05) is 6.54 Å². The van der Waals surface area contributed by atoms with E-state index < -0.39 is 0 Å². The summed E-state index contributed by atoms with van der Waals surface area (Å²) >= 11 is 0. The van der Waals surface area contributed by atoms with Gasteiger partial charge in [0.1, 0.15) is 11.8 Å². The first-order valence-corrected chi connectivity index (χ1v) is 6.10. The highest BCUT2D eigenvalue weighted by molar-refractivity contribution is 5.84. The Morgan fingerprint density at radius 3 is 2.74 bits per heavy atom. The van der Waals surface area contributed by atoms with Crippen LogP contribution in [0.15, 0.2) is 49.1 Å². The summed E-state index contributed by atoms with van der Waals surface area (Å²) in [5.41, 5.74) is 0.960. The van der Waals surface area contributed by atoms with Crippen molar-refractivity contribution in [1.82, 2.24) is 5.32 Å². The summed E-state index contributed by atoms with van der Waals surface area (Å²) in [6, 6.07) is 13.8. The molecule has 0 aliphatic carbocycles. The molecule has 0 aromatic heterocycles. The van der Waals surface area contributed by atoms with Crippen LogP contribution in [0.4, 0.5) is 0 Å². The van der Waals surface area contributed by atoms with Crippen molar-refractivity contribution in [1.29, 1.82) is 5.26 Å². The quantitative estimate of drug-likeness (QED) is 0.831. The van der Waals surface area contributed by atoms with Crippen LogP contribution in [0.3, 0.4) is 0 Å². The van der Waals surface area contributed by atoms with E-state index in [1.54, 1.807) is 13.2 Å². The van der Waals surface area contributed by atoms with Crippen LogP contribution >= 0.6 is 0 Å². The summed E-state index contributed by atoms with van der Waals surface area (Å²) in [5, 5.41) is 14.5. The van der Waals surface area contributed by atoms with E-state index in [-0.39, 0.29) is 6.04 Å². The van der Waals surface area contributed by atoms with Gasteiger partial charge < -0.3 is 4.74 Å². The van der Waals surface area contributed by atoms with E-state index in [9.17, 15) is 5.26 Å². The third kappa shape index (κ3) is 2.93. The molecule has 0 aliphatic rings. The minimum Gasteiger partial charge on any atom is -0.497 e. The number of hydrogen-bond donors (Lipinski definition) is 1. The number of hydrogen-bond acceptors (Lipinski definition) is 3. The van der Waals surface area contributed by atoms with Gasteiger partial charge in [0.2, 0.25) is 0 Å². The lowest BCUT2D eigenvalue weighted by atomic mass is 10.0. The molecule has 1 unspecified atom stereocenters.